The molecule has 2 aromatic carbocycles. The first-order valence-electron chi connectivity index (χ1n) is 8.20. The molecule has 0 bridgehead atoms. The normalized spacial score (nSPS) is 17.6. The van der Waals surface area contributed by atoms with Crippen LogP contribution in [0.2, 0.25) is 0 Å². The van der Waals surface area contributed by atoms with E-state index in [0.29, 0.717) is 23.2 Å². The van der Waals surface area contributed by atoms with E-state index in [1.807, 2.05) is 37.4 Å². The van der Waals surface area contributed by atoms with Crippen LogP contribution in [-0.2, 0) is 0 Å². The molecule has 4 rings (SSSR count). The number of aromatic nitrogens is 2. The average molecular weight is 322 g/mol. The molecule has 122 valence electrons. The van der Waals surface area contributed by atoms with Crippen LogP contribution >= 0.6 is 0 Å². The summed E-state index contributed by atoms with van der Waals surface area (Å²) in [4.78, 5) is 11.6. The van der Waals surface area contributed by atoms with Crippen LogP contribution in [0.25, 0.3) is 22.2 Å². The van der Waals surface area contributed by atoms with Gasteiger partial charge in [-0.05, 0) is 31.7 Å². The second-order valence-electron chi connectivity index (χ2n) is 6.09. The van der Waals surface area contributed by atoms with Crippen molar-refractivity contribution in [3.63, 3.8) is 0 Å². The van der Waals surface area contributed by atoms with E-state index >= 15 is 0 Å². The van der Waals surface area contributed by atoms with Crippen LogP contribution in [0.3, 0.4) is 0 Å². The Kier molecular flexibility index (Phi) is 3.86. The van der Waals surface area contributed by atoms with Crippen molar-refractivity contribution in [2.45, 2.75) is 12.5 Å². The standard InChI is InChI=1S/C19H19FN4/c1-21-13-10-11-24(12-13)19-22-17-9-5-3-7-15(17)18(23-19)14-6-2-4-8-16(14)20/h2-9,13,21H,10-12H2,1H3. The van der Waals surface area contributed by atoms with Crippen LogP contribution in [0.1, 0.15) is 6.42 Å². The van der Waals surface area contributed by atoms with Crippen LogP contribution in [-0.4, -0.2) is 36.1 Å². The number of anilines is 1. The highest BCUT2D eigenvalue weighted by Crippen LogP contribution is 2.30. The largest absolute Gasteiger partial charge is 0.339 e. The summed E-state index contributed by atoms with van der Waals surface area (Å²) in [7, 11) is 1.97. The number of para-hydroxylation sites is 1. The van der Waals surface area contributed by atoms with E-state index in [-0.39, 0.29) is 5.82 Å². The van der Waals surface area contributed by atoms with Crippen LogP contribution in [0, 0.1) is 5.82 Å². The summed E-state index contributed by atoms with van der Waals surface area (Å²) in [6, 6.07) is 15.0. The van der Waals surface area contributed by atoms with Crippen LogP contribution in [0.5, 0.6) is 0 Å². The number of hydrogen-bond donors (Lipinski definition) is 1. The van der Waals surface area contributed by atoms with Gasteiger partial charge in [0.05, 0.1) is 11.2 Å². The Morgan fingerprint density at radius 3 is 2.67 bits per heavy atom. The Bertz CT molecular complexity index is 880. The topological polar surface area (TPSA) is 41.0 Å². The molecule has 5 heteroatoms. The van der Waals surface area contributed by atoms with Crippen molar-refractivity contribution in [2.24, 2.45) is 0 Å². The number of fused-ring (bicyclic) bond motifs is 1. The summed E-state index contributed by atoms with van der Waals surface area (Å²) >= 11 is 0. The van der Waals surface area contributed by atoms with Crippen molar-refractivity contribution in [1.29, 1.82) is 0 Å². The van der Waals surface area contributed by atoms with Gasteiger partial charge >= 0.3 is 0 Å². The maximum Gasteiger partial charge on any atom is 0.226 e. The first-order valence-corrected chi connectivity index (χ1v) is 8.20. The zero-order valence-electron chi connectivity index (χ0n) is 13.5. The summed E-state index contributed by atoms with van der Waals surface area (Å²) in [5.74, 6) is 0.409. The van der Waals surface area contributed by atoms with E-state index in [1.54, 1.807) is 12.1 Å². The quantitative estimate of drug-likeness (QED) is 0.804. The summed E-state index contributed by atoms with van der Waals surface area (Å²) < 4.78 is 14.3. The number of halogens is 1. The minimum absolute atomic E-state index is 0.262. The molecule has 3 aromatic rings. The van der Waals surface area contributed by atoms with Crippen molar-refractivity contribution in [2.75, 3.05) is 25.0 Å². The van der Waals surface area contributed by atoms with E-state index in [2.05, 4.69) is 10.2 Å². The van der Waals surface area contributed by atoms with E-state index in [0.717, 1.165) is 30.4 Å². The maximum atomic E-state index is 14.3. The van der Waals surface area contributed by atoms with E-state index in [1.165, 1.54) is 6.07 Å². The van der Waals surface area contributed by atoms with Crippen molar-refractivity contribution < 1.29 is 4.39 Å². The zero-order chi connectivity index (χ0) is 16.5. The Hall–Kier alpha value is -2.53. The minimum atomic E-state index is -0.262. The highest BCUT2D eigenvalue weighted by Gasteiger charge is 2.24. The SMILES string of the molecule is CNC1CCN(c2nc(-c3ccccc3F)c3ccccc3n2)C1. The third-order valence-electron chi connectivity index (χ3n) is 4.60. The lowest BCUT2D eigenvalue weighted by Gasteiger charge is -2.18. The molecular formula is C19H19FN4. The molecule has 1 aromatic heterocycles. The fraction of sp³-hybridized carbons (Fsp3) is 0.263. The van der Waals surface area contributed by atoms with E-state index < -0.39 is 0 Å². The second-order valence-corrected chi connectivity index (χ2v) is 6.09. The highest BCUT2D eigenvalue weighted by molar-refractivity contribution is 5.93. The van der Waals surface area contributed by atoms with Crippen molar-refractivity contribution in [3.05, 3.63) is 54.3 Å². The number of likely N-dealkylation sites (N-methyl/N-ethyl adjacent to an activating group) is 1. The predicted molar refractivity (Wildman–Crippen MR) is 94.6 cm³/mol. The van der Waals surface area contributed by atoms with Crippen molar-refractivity contribution in [1.82, 2.24) is 15.3 Å². The molecule has 0 spiro atoms. The Morgan fingerprint density at radius 1 is 1.08 bits per heavy atom. The monoisotopic (exact) mass is 322 g/mol. The molecule has 1 aliphatic heterocycles. The number of rotatable bonds is 3. The predicted octanol–water partition coefficient (Wildman–Crippen LogP) is 3.23. The molecule has 0 amide bonds. The maximum absolute atomic E-state index is 14.3. The molecule has 0 saturated carbocycles. The highest BCUT2D eigenvalue weighted by atomic mass is 19.1. The molecular weight excluding hydrogens is 303 g/mol. The lowest BCUT2D eigenvalue weighted by atomic mass is 10.1. The number of hydrogen-bond acceptors (Lipinski definition) is 4. The summed E-state index contributed by atoms with van der Waals surface area (Å²) in [5, 5.41) is 4.17. The minimum Gasteiger partial charge on any atom is -0.339 e. The third-order valence-corrected chi connectivity index (χ3v) is 4.60. The van der Waals surface area contributed by atoms with Gasteiger partial charge in [-0.3, -0.25) is 0 Å². The Balaban J connectivity index is 1.87. The second kappa shape index (κ2) is 6.17. The van der Waals surface area contributed by atoms with Gasteiger partial charge in [-0.25, -0.2) is 14.4 Å². The molecule has 4 nitrogen and oxygen atoms in total. The van der Waals surface area contributed by atoms with Gasteiger partial charge in [-0.2, -0.15) is 0 Å². The van der Waals surface area contributed by atoms with Gasteiger partial charge in [0.2, 0.25) is 5.95 Å². The van der Waals surface area contributed by atoms with Crippen LogP contribution < -0.4 is 10.2 Å². The number of benzene rings is 2. The molecule has 1 N–H and O–H groups in total. The molecule has 1 unspecified atom stereocenters. The van der Waals surface area contributed by atoms with Crippen molar-refractivity contribution in [3.8, 4) is 11.3 Å². The molecule has 1 saturated heterocycles. The Labute approximate surface area is 140 Å². The number of nitrogens with one attached hydrogen (secondary N) is 1. The van der Waals surface area contributed by atoms with Crippen LogP contribution in [0.4, 0.5) is 10.3 Å². The van der Waals surface area contributed by atoms with Gasteiger partial charge in [0, 0.05) is 30.1 Å². The van der Waals surface area contributed by atoms with Crippen LogP contribution in [0.15, 0.2) is 48.5 Å². The smallest absolute Gasteiger partial charge is 0.226 e. The molecule has 1 fully saturated rings. The van der Waals surface area contributed by atoms with E-state index in [4.69, 9.17) is 9.97 Å². The van der Waals surface area contributed by atoms with Gasteiger partial charge in [0.15, 0.2) is 0 Å². The summed E-state index contributed by atoms with van der Waals surface area (Å²) in [6.45, 7) is 1.77. The van der Waals surface area contributed by atoms with Gasteiger partial charge in [0.25, 0.3) is 0 Å². The molecule has 0 aliphatic carbocycles. The van der Waals surface area contributed by atoms with Crippen molar-refractivity contribution >= 4 is 16.9 Å². The zero-order valence-corrected chi connectivity index (χ0v) is 13.5. The Morgan fingerprint density at radius 2 is 1.88 bits per heavy atom. The van der Waals surface area contributed by atoms with Gasteiger partial charge in [-0.1, -0.05) is 30.3 Å². The fourth-order valence-electron chi connectivity index (χ4n) is 3.24. The molecule has 0 radical (unpaired) electrons. The fourth-order valence-corrected chi connectivity index (χ4v) is 3.24. The molecule has 24 heavy (non-hydrogen) atoms. The first kappa shape index (κ1) is 15.0. The van der Waals surface area contributed by atoms with Gasteiger partial charge in [0.1, 0.15) is 5.82 Å². The molecule has 2 heterocycles. The van der Waals surface area contributed by atoms with E-state index in [9.17, 15) is 4.39 Å². The molecule has 1 aliphatic rings. The lowest BCUT2D eigenvalue weighted by molar-refractivity contribution is 0.616. The summed E-state index contributed by atoms with van der Waals surface area (Å²) in [6.07, 6.45) is 1.06. The third kappa shape index (κ3) is 2.61. The van der Waals surface area contributed by atoms with Gasteiger partial charge in [-0.15, -0.1) is 0 Å². The van der Waals surface area contributed by atoms with Gasteiger partial charge < -0.3 is 10.2 Å². The first-order chi connectivity index (χ1) is 11.8. The number of nitrogens with zero attached hydrogens (tertiary/aromatic N) is 3. The molecule has 1 atom stereocenters. The lowest BCUT2D eigenvalue weighted by Crippen LogP contribution is -2.30. The average Bonchev–Trinajstić information content (AvgIpc) is 3.10. The summed E-state index contributed by atoms with van der Waals surface area (Å²) in [5.41, 5.74) is 2.01.